The molecule has 0 radical (unpaired) electrons. The minimum atomic E-state index is -0.208. The van der Waals surface area contributed by atoms with Gasteiger partial charge in [0.25, 0.3) is 11.8 Å². The average molecular weight is 354 g/mol. The number of nitrogens with zero attached hydrogens (tertiary/aromatic N) is 1. The molecule has 3 rings (SSSR count). The summed E-state index contributed by atoms with van der Waals surface area (Å²) in [6.07, 6.45) is 0.803. The van der Waals surface area contributed by atoms with Crippen molar-refractivity contribution in [3.05, 3.63) is 53.6 Å². The average Bonchev–Trinajstić information content (AvgIpc) is 3.06. The van der Waals surface area contributed by atoms with Crippen molar-refractivity contribution in [2.75, 3.05) is 37.1 Å². The van der Waals surface area contributed by atoms with Gasteiger partial charge in [-0.25, -0.2) is 0 Å². The van der Waals surface area contributed by atoms with E-state index in [4.69, 9.17) is 9.47 Å². The van der Waals surface area contributed by atoms with Crippen molar-refractivity contribution in [1.29, 1.82) is 0 Å². The van der Waals surface area contributed by atoms with Crippen LogP contribution in [0.4, 0.5) is 11.4 Å². The molecule has 0 saturated carbocycles. The number of fused-ring (bicyclic) bond motifs is 1. The lowest BCUT2D eigenvalue weighted by atomic mass is 10.1. The number of amides is 2. The summed E-state index contributed by atoms with van der Waals surface area (Å²) in [5.74, 6) is 0.441. The molecule has 0 bridgehead atoms. The van der Waals surface area contributed by atoms with Gasteiger partial charge in [0.1, 0.15) is 12.4 Å². The highest BCUT2D eigenvalue weighted by Crippen LogP contribution is 2.31. The summed E-state index contributed by atoms with van der Waals surface area (Å²) in [7, 11) is 1.50. The van der Waals surface area contributed by atoms with Crippen molar-refractivity contribution < 1.29 is 19.1 Å². The van der Waals surface area contributed by atoms with E-state index in [1.807, 2.05) is 25.1 Å². The fraction of sp³-hybridized carbons (Fsp3) is 0.300. The highest BCUT2D eigenvalue weighted by Gasteiger charge is 2.24. The van der Waals surface area contributed by atoms with Crippen LogP contribution in [0.1, 0.15) is 22.8 Å². The van der Waals surface area contributed by atoms with E-state index in [0.717, 1.165) is 23.4 Å². The zero-order valence-corrected chi connectivity index (χ0v) is 15.0. The highest BCUT2D eigenvalue weighted by atomic mass is 16.5. The number of nitrogens with one attached hydrogen (secondary N) is 1. The molecule has 2 aromatic rings. The fourth-order valence-corrected chi connectivity index (χ4v) is 2.99. The Morgan fingerprint density at radius 2 is 1.92 bits per heavy atom. The van der Waals surface area contributed by atoms with Crippen LogP contribution in [0.25, 0.3) is 0 Å². The first-order valence-corrected chi connectivity index (χ1v) is 8.59. The molecule has 0 fully saturated rings. The molecule has 6 heteroatoms. The van der Waals surface area contributed by atoms with Crippen LogP contribution in [0, 0.1) is 0 Å². The van der Waals surface area contributed by atoms with E-state index in [-0.39, 0.29) is 18.4 Å². The van der Waals surface area contributed by atoms with Gasteiger partial charge in [0.2, 0.25) is 0 Å². The molecule has 0 saturated heterocycles. The maximum Gasteiger partial charge on any atom is 0.255 e. The molecule has 0 atom stereocenters. The molecule has 136 valence electrons. The molecule has 1 N–H and O–H groups in total. The molecule has 1 aliphatic rings. The quantitative estimate of drug-likeness (QED) is 0.866. The van der Waals surface area contributed by atoms with E-state index in [0.29, 0.717) is 24.4 Å². The Morgan fingerprint density at radius 1 is 1.15 bits per heavy atom. The second-order valence-corrected chi connectivity index (χ2v) is 5.98. The predicted octanol–water partition coefficient (Wildman–Crippen LogP) is 2.87. The van der Waals surface area contributed by atoms with Gasteiger partial charge < -0.3 is 19.7 Å². The number of hydrogen-bond acceptors (Lipinski definition) is 4. The third-order valence-electron chi connectivity index (χ3n) is 4.24. The molecule has 0 unspecified atom stereocenters. The van der Waals surface area contributed by atoms with Crippen molar-refractivity contribution >= 4 is 23.2 Å². The van der Waals surface area contributed by atoms with E-state index >= 15 is 0 Å². The number of hydrogen-bond donors (Lipinski definition) is 1. The van der Waals surface area contributed by atoms with Crippen LogP contribution < -0.4 is 15.0 Å². The maximum atomic E-state index is 12.4. The number of carbonyl (C=O) groups excluding carboxylic acids is 2. The van der Waals surface area contributed by atoms with Gasteiger partial charge in [-0.2, -0.15) is 0 Å². The summed E-state index contributed by atoms with van der Waals surface area (Å²) >= 11 is 0. The molecule has 1 aliphatic heterocycles. The first-order chi connectivity index (χ1) is 12.6. The summed E-state index contributed by atoms with van der Waals surface area (Å²) in [6, 6.07) is 12.6. The molecule has 0 spiro atoms. The van der Waals surface area contributed by atoms with E-state index < -0.39 is 0 Å². The molecule has 1 heterocycles. The van der Waals surface area contributed by atoms with Gasteiger partial charge in [0, 0.05) is 30.6 Å². The number of ether oxygens (including phenoxy) is 2. The number of benzene rings is 2. The van der Waals surface area contributed by atoms with E-state index in [1.165, 1.54) is 7.11 Å². The van der Waals surface area contributed by atoms with Gasteiger partial charge in [0.05, 0.1) is 6.61 Å². The molecule has 26 heavy (non-hydrogen) atoms. The van der Waals surface area contributed by atoms with Crippen LogP contribution in [0.3, 0.4) is 0 Å². The number of rotatable bonds is 6. The van der Waals surface area contributed by atoms with Gasteiger partial charge in [-0.05, 0) is 55.3 Å². The lowest BCUT2D eigenvalue weighted by Gasteiger charge is -2.17. The van der Waals surface area contributed by atoms with Gasteiger partial charge in [-0.1, -0.05) is 6.07 Å². The third-order valence-corrected chi connectivity index (χ3v) is 4.24. The first-order valence-electron chi connectivity index (χ1n) is 8.59. The summed E-state index contributed by atoms with van der Waals surface area (Å²) in [4.78, 5) is 26.3. The second kappa shape index (κ2) is 8.01. The van der Waals surface area contributed by atoms with E-state index in [9.17, 15) is 9.59 Å². The van der Waals surface area contributed by atoms with E-state index in [1.54, 1.807) is 29.2 Å². The number of anilines is 2. The maximum absolute atomic E-state index is 12.4. The Balaban J connectivity index is 1.73. The monoisotopic (exact) mass is 354 g/mol. The fourth-order valence-electron chi connectivity index (χ4n) is 2.99. The smallest absolute Gasteiger partial charge is 0.255 e. The Bertz CT molecular complexity index is 802. The van der Waals surface area contributed by atoms with Gasteiger partial charge >= 0.3 is 0 Å². The third kappa shape index (κ3) is 3.86. The predicted molar refractivity (Wildman–Crippen MR) is 99.9 cm³/mol. The van der Waals surface area contributed by atoms with Crippen LogP contribution >= 0.6 is 0 Å². The lowest BCUT2D eigenvalue weighted by molar-refractivity contribution is -0.122. The van der Waals surface area contributed by atoms with Crippen molar-refractivity contribution in [1.82, 2.24) is 0 Å². The normalized spacial score (nSPS) is 12.6. The van der Waals surface area contributed by atoms with Crippen molar-refractivity contribution in [2.45, 2.75) is 13.3 Å². The molecule has 2 aromatic carbocycles. The van der Waals surface area contributed by atoms with Crippen LogP contribution in [-0.2, 0) is 16.0 Å². The van der Waals surface area contributed by atoms with Crippen molar-refractivity contribution in [3.63, 3.8) is 0 Å². The first kappa shape index (κ1) is 17.9. The molecular weight excluding hydrogens is 332 g/mol. The second-order valence-electron chi connectivity index (χ2n) is 5.98. The molecule has 0 aliphatic carbocycles. The summed E-state index contributed by atoms with van der Waals surface area (Å²) in [5.41, 5.74) is 3.12. The van der Waals surface area contributed by atoms with Crippen molar-refractivity contribution in [2.24, 2.45) is 0 Å². The van der Waals surface area contributed by atoms with Crippen molar-refractivity contribution in [3.8, 4) is 5.75 Å². The zero-order chi connectivity index (χ0) is 18.5. The Labute approximate surface area is 152 Å². The highest BCUT2D eigenvalue weighted by molar-refractivity contribution is 6.05. The molecule has 0 aromatic heterocycles. The topological polar surface area (TPSA) is 67.9 Å². The zero-order valence-electron chi connectivity index (χ0n) is 15.0. The van der Waals surface area contributed by atoms with Crippen LogP contribution in [-0.4, -0.2) is 38.7 Å². The van der Waals surface area contributed by atoms with E-state index in [2.05, 4.69) is 5.32 Å². The van der Waals surface area contributed by atoms with Crippen LogP contribution in [0.15, 0.2) is 42.5 Å². The Morgan fingerprint density at radius 3 is 2.62 bits per heavy atom. The molecule has 2 amide bonds. The minimum absolute atomic E-state index is 0.0439. The number of methoxy groups -OCH3 is 1. The molecular formula is C20H22N2O4. The lowest BCUT2D eigenvalue weighted by Crippen LogP contribution is -2.32. The van der Waals surface area contributed by atoms with Crippen LogP contribution in [0.2, 0.25) is 0 Å². The summed E-state index contributed by atoms with van der Waals surface area (Å²) in [5, 5.41) is 2.88. The van der Waals surface area contributed by atoms with Crippen LogP contribution in [0.5, 0.6) is 5.75 Å². The van der Waals surface area contributed by atoms with Gasteiger partial charge in [-0.3, -0.25) is 9.59 Å². The number of carbonyl (C=O) groups is 2. The largest absolute Gasteiger partial charge is 0.494 e. The molecule has 6 nitrogen and oxygen atoms in total. The SMILES string of the molecule is CCOc1ccc(C(=O)Nc2ccc3c(c2)N(C(=O)COC)CC3)cc1. The Kier molecular flexibility index (Phi) is 5.53. The summed E-state index contributed by atoms with van der Waals surface area (Å²) in [6.45, 7) is 3.17. The van der Waals surface area contributed by atoms with Gasteiger partial charge in [-0.15, -0.1) is 0 Å². The standard InChI is InChI=1S/C20H22N2O4/c1-3-26-17-8-5-15(6-9-17)20(24)21-16-7-4-14-10-11-22(18(14)12-16)19(23)13-25-2/h4-9,12H,3,10-11,13H2,1-2H3,(H,21,24). The minimum Gasteiger partial charge on any atom is -0.494 e. The Hall–Kier alpha value is -2.86. The summed E-state index contributed by atoms with van der Waals surface area (Å²) < 4.78 is 10.3. The van der Waals surface area contributed by atoms with Gasteiger partial charge in [0.15, 0.2) is 0 Å².